The van der Waals surface area contributed by atoms with Crippen molar-refractivity contribution in [3.63, 3.8) is 0 Å². The molecule has 0 heterocycles. The van der Waals surface area contributed by atoms with E-state index < -0.39 is 6.09 Å². The van der Waals surface area contributed by atoms with Crippen LogP contribution < -0.4 is 0 Å². The van der Waals surface area contributed by atoms with Crippen molar-refractivity contribution in [2.45, 2.75) is 13.8 Å². The molecular weight excluding hydrogens is 292 g/mol. The maximum Gasteiger partial charge on any atom is 0.447 e. The molecule has 0 spiro atoms. The normalized spacial score (nSPS) is 12.3. The molecule has 0 rings (SSSR count). The zero-order valence-electron chi connectivity index (χ0n) is 11.3. The molecule has 9 heteroatoms. The number of thioether (sulfide) groups is 2. The molecule has 0 aromatic rings. The van der Waals surface area contributed by atoms with Crippen LogP contribution in [0.1, 0.15) is 13.8 Å². The number of carbonyl (C=O) groups excluding carboxylic acids is 1. The first-order chi connectivity index (χ1) is 8.40. The van der Waals surface area contributed by atoms with Crippen LogP contribution in [0.2, 0.25) is 0 Å². The van der Waals surface area contributed by atoms with E-state index in [1.54, 1.807) is 37.2 Å². The van der Waals surface area contributed by atoms with Gasteiger partial charge in [-0.25, -0.2) is 13.5 Å². The fraction of sp³-hybridized carbons (Fsp3) is 0.667. The fourth-order valence-corrected chi connectivity index (χ4v) is 1.65. The maximum absolute atomic E-state index is 11.5. The molecule has 0 aliphatic rings. The van der Waals surface area contributed by atoms with Crippen LogP contribution >= 0.6 is 35.7 Å². The van der Waals surface area contributed by atoms with Crippen LogP contribution in [0.3, 0.4) is 0 Å². The molecule has 0 aromatic heterocycles. The van der Waals surface area contributed by atoms with Crippen molar-refractivity contribution in [3.05, 3.63) is 0 Å². The molecule has 0 aromatic carbocycles. The molecule has 0 saturated carbocycles. The van der Waals surface area contributed by atoms with E-state index in [1.807, 2.05) is 19.4 Å². The molecule has 104 valence electrons. The Morgan fingerprint density at radius 2 is 1.67 bits per heavy atom. The number of hydrogen-bond acceptors (Lipinski definition) is 8. The molecule has 0 N–H and O–H groups in total. The number of hydrazone groups is 1. The molecule has 0 radical (unpaired) electrons. The molecule has 0 aliphatic carbocycles. The number of hydrogen-bond donors (Lipinski definition) is 0. The van der Waals surface area contributed by atoms with Crippen LogP contribution in [0.4, 0.5) is 4.79 Å². The molecule has 0 fully saturated rings. The van der Waals surface area contributed by atoms with E-state index in [0.717, 1.165) is 17.2 Å². The van der Waals surface area contributed by atoms with Crippen LogP contribution in [-0.4, -0.2) is 51.5 Å². The lowest BCUT2D eigenvalue weighted by molar-refractivity contribution is 0.136. The number of rotatable bonds is 4. The first-order valence-corrected chi connectivity index (χ1v) is 8.13. The summed E-state index contributed by atoms with van der Waals surface area (Å²) in [5.74, 6) is 0. The molecule has 0 bridgehead atoms. The van der Waals surface area contributed by atoms with E-state index in [1.165, 1.54) is 16.1 Å². The zero-order chi connectivity index (χ0) is 14.1. The Morgan fingerprint density at radius 3 is 2.17 bits per heavy atom. The van der Waals surface area contributed by atoms with Crippen LogP contribution in [-0.2, 0) is 4.84 Å². The second-order valence-corrected chi connectivity index (χ2v) is 6.28. The lowest BCUT2D eigenvalue weighted by Gasteiger charge is -2.18. The lowest BCUT2D eigenvalue weighted by Crippen LogP contribution is -2.23. The van der Waals surface area contributed by atoms with E-state index in [2.05, 4.69) is 10.3 Å². The van der Waals surface area contributed by atoms with Gasteiger partial charge in [0.05, 0.1) is 17.2 Å². The number of oxime groups is 1. The number of carbonyl (C=O) groups is 1. The summed E-state index contributed by atoms with van der Waals surface area (Å²) in [5, 5.41) is 9.47. The largest absolute Gasteiger partial charge is 0.447 e. The molecule has 1 amide bonds. The van der Waals surface area contributed by atoms with Gasteiger partial charge in [-0.2, -0.15) is 5.10 Å². The van der Waals surface area contributed by atoms with Crippen molar-refractivity contribution >= 4 is 51.8 Å². The Morgan fingerprint density at radius 1 is 1.11 bits per heavy atom. The van der Waals surface area contributed by atoms with E-state index in [4.69, 9.17) is 4.84 Å². The van der Waals surface area contributed by atoms with Gasteiger partial charge < -0.3 is 0 Å². The topological polar surface area (TPSA) is 57.5 Å². The Bertz CT molecular complexity index is 336. The molecular formula is C9H18N4O2S3. The monoisotopic (exact) mass is 310 g/mol. The third-order valence-electron chi connectivity index (χ3n) is 1.62. The van der Waals surface area contributed by atoms with E-state index in [9.17, 15) is 4.79 Å². The quantitative estimate of drug-likeness (QED) is 0.262. The highest BCUT2D eigenvalue weighted by Crippen LogP contribution is 2.15. The Hall–Kier alpha value is -0.540. The standard InChI is InChI=1S/C9H18N4O2S3/c1-7(16-5)10-13(4)18-12(3)9(14)15-11-8(2)17-6/h1-6H3. The van der Waals surface area contributed by atoms with E-state index in [0.29, 0.717) is 5.04 Å². The number of amides is 1. The van der Waals surface area contributed by atoms with Gasteiger partial charge in [0.1, 0.15) is 5.04 Å². The van der Waals surface area contributed by atoms with Gasteiger partial charge in [0.15, 0.2) is 0 Å². The van der Waals surface area contributed by atoms with Gasteiger partial charge in [-0.15, -0.1) is 23.5 Å². The van der Waals surface area contributed by atoms with Crippen molar-refractivity contribution < 1.29 is 9.63 Å². The molecule has 0 unspecified atom stereocenters. The van der Waals surface area contributed by atoms with Crippen molar-refractivity contribution in [2.24, 2.45) is 10.3 Å². The predicted molar refractivity (Wildman–Crippen MR) is 82.8 cm³/mol. The Balaban J connectivity index is 4.24. The van der Waals surface area contributed by atoms with Crippen molar-refractivity contribution in [2.75, 3.05) is 26.6 Å². The van der Waals surface area contributed by atoms with Crippen LogP contribution in [0, 0.1) is 0 Å². The first kappa shape index (κ1) is 17.5. The summed E-state index contributed by atoms with van der Waals surface area (Å²) in [4.78, 5) is 16.3. The summed E-state index contributed by atoms with van der Waals surface area (Å²) in [6, 6.07) is 0. The highest BCUT2D eigenvalue weighted by molar-refractivity contribution is 8.13. The minimum atomic E-state index is -0.544. The fourth-order valence-electron chi connectivity index (χ4n) is 0.666. The van der Waals surface area contributed by atoms with Gasteiger partial charge in [0.25, 0.3) is 0 Å². The lowest BCUT2D eigenvalue weighted by atomic mass is 10.9. The van der Waals surface area contributed by atoms with Crippen molar-refractivity contribution in [3.8, 4) is 0 Å². The summed E-state index contributed by atoms with van der Waals surface area (Å²) in [6.07, 6.45) is 3.26. The summed E-state index contributed by atoms with van der Waals surface area (Å²) in [7, 11) is 3.35. The molecule has 18 heavy (non-hydrogen) atoms. The molecule has 0 saturated heterocycles. The predicted octanol–water partition coefficient (Wildman–Crippen LogP) is 2.94. The first-order valence-electron chi connectivity index (χ1n) is 4.95. The molecule has 0 aliphatic heterocycles. The third-order valence-corrected chi connectivity index (χ3v) is 3.67. The Labute approximate surface area is 121 Å². The number of nitrogens with zero attached hydrogens (tertiary/aromatic N) is 4. The Kier molecular flexibility index (Phi) is 9.12. The summed E-state index contributed by atoms with van der Waals surface area (Å²) in [5.41, 5.74) is 0. The summed E-state index contributed by atoms with van der Waals surface area (Å²) >= 11 is 4.08. The van der Waals surface area contributed by atoms with Crippen molar-refractivity contribution in [1.29, 1.82) is 0 Å². The van der Waals surface area contributed by atoms with Crippen molar-refractivity contribution in [1.82, 2.24) is 8.72 Å². The highest BCUT2D eigenvalue weighted by Gasteiger charge is 2.13. The summed E-state index contributed by atoms with van der Waals surface area (Å²) < 4.78 is 2.90. The second-order valence-electron chi connectivity index (χ2n) is 3.04. The van der Waals surface area contributed by atoms with Crippen LogP contribution in [0.15, 0.2) is 10.3 Å². The smallest absolute Gasteiger partial charge is 0.296 e. The van der Waals surface area contributed by atoms with E-state index in [-0.39, 0.29) is 0 Å². The van der Waals surface area contributed by atoms with Gasteiger partial charge in [-0.3, -0.25) is 4.84 Å². The summed E-state index contributed by atoms with van der Waals surface area (Å²) in [6.45, 7) is 3.66. The van der Waals surface area contributed by atoms with Gasteiger partial charge in [-0.05, 0) is 26.4 Å². The molecule has 6 nitrogen and oxygen atoms in total. The van der Waals surface area contributed by atoms with Crippen LogP contribution in [0.5, 0.6) is 0 Å². The van der Waals surface area contributed by atoms with Gasteiger partial charge >= 0.3 is 6.09 Å². The third kappa shape index (κ3) is 7.72. The van der Waals surface area contributed by atoms with Gasteiger partial charge in [0.2, 0.25) is 0 Å². The van der Waals surface area contributed by atoms with Gasteiger partial charge in [0, 0.05) is 14.1 Å². The van der Waals surface area contributed by atoms with Crippen LogP contribution in [0.25, 0.3) is 0 Å². The SMILES string of the molecule is CSC(C)=NOC(=O)N(C)SN(C)N=C(C)SC. The average Bonchev–Trinajstić information content (AvgIpc) is 2.34. The minimum absolute atomic E-state index is 0.544. The average molecular weight is 310 g/mol. The van der Waals surface area contributed by atoms with Gasteiger partial charge in [-0.1, -0.05) is 5.16 Å². The minimum Gasteiger partial charge on any atom is -0.296 e. The maximum atomic E-state index is 11.5. The van der Waals surface area contributed by atoms with E-state index >= 15 is 0 Å². The highest BCUT2D eigenvalue weighted by atomic mass is 32.2. The second kappa shape index (κ2) is 9.40. The zero-order valence-corrected chi connectivity index (χ0v) is 13.8. The molecule has 0 atom stereocenters.